The van der Waals surface area contributed by atoms with Crippen molar-refractivity contribution in [2.75, 3.05) is 0 Å². The summed E-state index contributed by atoms with van der Waals surface area (Å²) in [4.78, 5) is 0. The standard InChI is InChI=1S/Al.Cs.2H2O4S.12H2O/c;;2*1-5(2,3)4;;;;;;;;;;;;/h;;2*(H2,1,2,3,4);12*1H2/q;+1;;;;;;;;;;;;;;/p-4. The van der Waals surface area contributed by atoms with E-state index in [0.29, 0.717) is 0 Å². The number of hydrogen-bond donors (Lipinski definition) is 0. The van der Waals surface area contributed by atoms with Gasteiger partial charge >= 0.3 is 68.9 Å². The van der Waals surface area contributed by atoms with Crippen LogP contribution in [0.5, 0.6) is 0 Å². The molecule has 0 unspecified atom stereocenters. The maximum absolute atomic E-state index is 8.52. The van der Waals surface area contributed by atoms with E-state index in [1.807, 2.05) is 0 Å². The van der Waals surface area contributed by atoms with E-state index >= 15 is 0 Å². The minimum absolute atomic E-state index is 0. The van der Waals surface area contributed by atoms with E-state index in [1.54, 1.807) is 0 Å². The molecule has 24 N–H and O–H groups in total. The molecule has 0 amide bonds. The number of rotatable bonds is 0. The molecule has 20 nitrogen and oxygen atoms in total. The molecule has 0 atom stereocenters. The molecule has 0 spiro atoms. The van der Waals surface area contributed by atoms with E-state index in [1.165, 1.54) is 0 Å². The molecule has 0 heterocycles. The van der Waals surface area contributed by atoms with Gasteiger partial charge in [-0.3, -0.25) is 16.8 Å². The summed E-state index contributed by atoms with van der Waals surface area (Å²) < 4.78 is 68.2. The van der Waals surface area contributed by atoms with Crippen LogP contribution in [0.2, 0.25) is 0 Å². The summed E-state index contributed by atoms with van der Waals surface area (Å²) in [6.07, 6.45) is 0. The summed E-state index contributed by atoms with van der Waals surface area (Å²) in [6, 6.07) is 0. The van der Waals surface area contributed by atoms with Gasteiger partial charge in [0.05, 0.1) is 0 Å². The second-order valence-corrected chi connectivity index (χ2v) is 2.45. The molecular formula is H24AlCsO20S2-3. The van der Waals surface area contributed by atoms with E-state index in [2.05, 4.69) is 0 Å². The van der Waals surface area contributed by atoms with Crippen LogP contribution < -0.4 is 68.9 Å². The zero-order chi connectivity index (χ0) is 9.00. The average molecular weight is 568 g/mol. The van der Waals surface area contributed by atoms with Gasteiger partial charge in [0, 0.05) is 38.2 Å². The predicted molar refractivity (Wildman–Crippen MR) is 70.1 cm³/mol. The molecule has 0 rings (SSSR count). The van der Waals surface area contributed by atoms with Crippen molar-refractivity contribution in [3.63, 3.8) is 0 Å². The van der Waals surface area contributed by atoms with Gasteiger partial charge in [0.15, 0.2) is 0 Å². The van der Waals surface area contributed by atoms with Crippen LogP contribution in [0.15, 0.2) is 0 Å². The monoisotopic (exact) mass is 568 g/mol. The van der Waals surface area contributed by atoms with Crippen molar-refractivity contribution in [1.82, 2.24) is 0 Å². The maximum Gasteiger partial charge on any atom is 1.00 e. The van der Waals surface area contributed by atoms with Crippen molar-refractivity contribution in [3.8, 4) is 0 Å². The Labute approximate surface area is 205 Å². The van der Waals surface area contributed by atoms with Gasteiger partial charge in [0.25, 0.3) is 0 Å². The van der Waals surface area contributed by atoms with E-state index in [-0.39, 0.29) is 152 Å². The fourth-order valence-corrected chi connectivity index (χ4v) is 0. The summed E-state index contributed by atoms with van der Waals surface area (Å²) in [5, 5.41) is 0. The molecule has 24 heteroatoms. The molecule has 0 bridgehead atoms. The van der Waals surface area contributed by atoms with Crippen molar-refractivity contribution < 1.29 is 170 Å². The Morgan fingerprint density at radius 3 is 0.375 bits per heavy atom. The second-order valence-electron chi connectivity index (χ2n) is 0.816. The molecule has 0 aromatic heterocycles. The van der Waals surface area contributed by atoms with Gasteiger partial charge < -0.3 is 83.9 Å². The van der Waals surface area contributed by atoms with Crippen LogP contribution in [0.4, 0.5) is 0 Å². The summed E-state index contributed by atoms with van der Waals surface area (Å²) in [6.45, 7) is 0. The third-order valence-electron chi connectivity index (χ3n) is 0. The minimum Gasteiger partial charge on any atom is -0.759 e. The fourth-order valence-electron chi connectivity index (χ4n) is 0. The Bertz CT molecular complexity index is 218. The third kappa shape index (κ3) is 3660. The van der Waals surface area contributed by atoms with Crippen LogP contribution in [-0.2, 0) is 20.8 Å². The second kappa shape index (κ2) is 73.7. The first-order valence-corrected chi connectivity index (χ1v) is 4.00. The van der Waals surface area contributed by atoms with Crippen molar-refractivity contribution in [1.29, 1.82) is 0 Å². The van der Waals surface area contributed by atoms with Crippen molar-refractivity contribution in [3.05, 3.63) is 0 Å². The van der Waals surface area contributed by atoms with Gasteiger partial charge in [-0.15, -0.1) is 0 Å². The fraction of sp³-hybridized carbons (Fsp3) is 0. The zero-order valence-electron chi connectivity index (χ0n) is 11.7. The predicted octanol–water partition coefficient (Wildman–Crippen LogP) is -15.9. The van der Waals surface area contributed by atoms with E-state index < -0.39 is 20.8 Å². The van der Waals surface area contributed by atoms with Crippen molar-refractivity contribution >= 4 is 38.2 Å². The van der Waals surface area contributed by atoms with Crippen molar-refractivity contribution in [2.24, 2.45) is 0 Å². The average Bonchev–Trinajstić information content (AvgIpc) is 1.12. The summed E-state index contributed by atoms with van der Waals surface area (Å²) >= 11 is 0. The van der Waals surface area contributed by atoms with Crippen LogP contribution in [0.3, 0.4) is 0 Å². The molecule has 0 aliphatic rings. The molecular weight excluding hydrogens is 544 g/mol. The molecule has 0 saturated carbocycles. The number of hydrogen-bond acceptors (Lipinski definition) is 8. The molecule has 3 radical (unpaired) electrons. The van der Waals surface area contributed by atoms with Gasteiger partial charge in [-0.1, -0.05) is 0 Å². The van der Waals surface area contributed by atoms with Crippen molar-refractivity contribution in [2.45, 2.75) is 0 Å². The van der Waals surface area contributed by atoms with Crippen LogP contribution >= 0.6 is 0 Å². The SMILES string of the molecule is O.O.O.O.O.O.O.O.O.O.O.O.O=S(=O)([O-])[O-].O=S(=O)([O-])[O-].[Al].[Cs+]. The first kappa shape index (κ1) is 165. The molecule has 24 heavy (non-hydrogen) atoms. The largest absolute Gasteiger partial charge is 1.00 e. The van der Waals surface area contributed by atoms with Crippen LogP contribution in [0, 0.1) is 0 Å². The quantitative estimate of drug-likeness (QED) is 0.153. The van der Waals surface area contributed by atoms with Gasteiger partial charge in [-0.2, -0.15) is 0 Å². The van der Waals surface area contributed by atoms with Gasteiger partial charge in [-0.05, 0) is 0 Å². The van der Waals surface area contributed by atoms with Gasteiger partial charge in [0.1, 0.15) is 0 Å². The summed E-state index contributed by atoms with van der Waals surface area (Å²) in [5.41, 5.74) is 0. The van der Waals surface area contributed by atoms with Gasteiger partial charge in [-0.25, -0.2) is 0 Å². The third-order valence-corrected chi connectivity index (χ3v) is 0. The molecule has 163 valence electrons. The van der Waals surface area contributed by atoms with Crippen LogP contribution in [-0.4, -0.2) is 118 Å². The van der Waals surface area contributed by atoms with E-state index in [4.69, 9.17) is 35.0 Å². The zero-order valence-corrected chi connectivity index (χ0v) is 20.7. The molecule has 0 aliphatic carbocycles. The topological polar surface area (TPSA) is 539 Å². The Kier molecular flexibility index (Phi) is 505. The Balaban J connectivity index is -0.00000000241. The molecule has 0 fully saturated rings. The first-order valence-electron chi connectivity index (χ1n) is 1.33. The van der Waals surface area contributed by atoms with Crippen LogP contribution in [0.1, 0.15) is 0 Å². The molecule has 0 aromatic rings. The maximum atomic E-state index is 8.52. The van der Waals surface area contributed by atoms with Crippen LogP contribution in [0.25, 0.3) is 0 Å². The normalized spacial score (nSPS) is 4.83. The smallest absolute Gasteiger partial charge is 0.759 e. The molecule has 0 aromatic carbocycles. The summed E-state index contributed by atoms with van der Waals surface area (Å²) in [5.74, 6) is 0. The van der Waals surface area contributed by atoms with E-state index in [0.717, 1.165) is 0 Å². The minimum atomic E-state index is -5.17. The Hall–Kier alpha value is 1.84. The molecule has 0 saturated heterocycles. The van der Waals surface area contributed by atoms with E-state index in [9.17, 15) is 0 Å². The Morgan fingerprint density at radius 1 is 0.375 bits per heavy atom. The van der Waals surface area contributed by atoms with Gasteiger partial charge in [0.2, 0.25) is 0 Å². The Morgan fingerprint density at radius 2 is 0.375 bits per heavy atom. The summed E-state index contributed by atoms with van der Waals surface area (Å²) in [7, 11) is -10.3. The first-order chi connectivity index (χ1) is 4.00. The molecule has 0 aliphatic heterocycles.